The average Bonchev–Trinajstić information content (AvgIpc) is 3.19. The molecule has 1 unspecified atom stereocenters. The first kappa shape index (κ1) is 18.9. The lowest BCUT2D eigenvalue weighted by atomic mass is 9.79. The number of piperidine rings is 3. The Bertz CT molecular complexity index is 781. The maximum atomic E-state index is 12.4. The van der Waals surface area contributed by atoms with E-state index in [9.17, 15) is 9.59 Å². The lowest BCUT2D eigenvalue weighted by Gasteiger charge is -2.39. The molecule has 4 aliphatic rings. The zero-order chi connectivity index (χ0) is 19.8. The van der Waals surface area contributed by atoms with E-state index in [0.29, 0.717) is 12.8 Å². The molecule has 4 aliphatic heterocycles. The van der Waals surface area contributed by atoms with Gasteiger partial charge in [0.15, 0.2) is 0 Å². The largest absolute Gasteiger partial charge is 0.371 e. The molecule has 6 nitrogen and oxygen atoms in total. The summed E-state index contributed by atoms with van der Waals surface area (Å²) in [5.74, 6) is 1.51. The molecule has 3 fully saturated rings. The van der Waals surface area contributed by atoms with Gasteiger partial charge in [0.05, 0.1) is 0 Å². The third kappa shape index (κ3) is 3.63. The van der Waals surface area contributed by atoms with Crippen molar-refractivity contribution in [3.63, 3.8) is 0 Å². The highest BCUT2D eigenvalue weighted by molar-refractivity contribution is 6.02. The fourth-order valence-electron chi connectivity index (χ4n) is 5.97. The van der Waals surface area contributed by atoms with E-state index in [-0.39, 0.29) is 17.9 Å². The first-order valence-corrected chi connectivity index (χ1v) is 11.4. The molecule has 0 aromatic heterocycles. The van der Waals surface area contributed by atoms with Crippen LogP contribution >= 0.6 is 0 Å². The first-order valence-electron chi connectivity index (χ1n) is 11.4. The van der Waals surface area contributed by atoms with E-state index in [1.165, 1.54) is 55.7 Å². The molecule has 2 amide bonds. The van der Waals surface area contributed by atoms with E-state index in [1.807, 2.05) is 0 Å². The average molecular weight is 397 g/mol. The summed E-state index contributed by atoms with van der Waals surface area (Å²) in [4.78, 5) is 28.7. The molecule has 0 saturated carbocycles. The van der Waals surface area contributed by atoms with Gasteiger partial charge in [0, 0.05) is 43.0 Å². The second kappa shape index (κ2) is 7.98. The standard InChI is InChI=1S/C23H32N4O2/c28-22-5-4-21(23(29)25-22)27-15-10-18-19(2-1-3-20(18)27)26-13-8-17(9-14-26)16-6-11-24-12-7-16/h1-3,16-17,21,24H,4-15H2,(H,25,28,29). The number of fused-ring (bicyclic) bond motifs is 1. The predicted molar refractivity (Wildman–Crippen MR) is 114 cm³/mol. The SMILES string of the molecule is O=C1CCC(N2CCc3c(N4CCC(C5CCNCC5)CC4)cccc32)C(=O)N1. The molecule has 1 aromatic rings. The second-order valence-corrected chi connectivity index (χ2v) is 9.10. The maximum Gasteiger partial charge on any atom is 0.249 e. The number of hydrogen-bond donors (Lipinski definition) is 2. The number of amides is 2. The van der Waals surface area contributed by atoms with Crippen LogP contribution in [0.25, 0.3) is 0 Å². The quantitative estimate of drug-likeness (QED) is 0.766. The number of nitrogens with one attached hydrogen (secondary N) is 2. The number of carbonyl (C=O) groups excluding carboxylic acids is 2. The summed E-state index contributed by atoms with van der Waals surface area (Å²) in [5, 5.41) is 6.01. The van der Waals surface area contributed by atoms with Gasteiger partial charge in [-0.3, -0.25) is 14.9 Å². The summed E-state index contributed by atoms with van der Waals surface area (Å²) >= 11 is 0. The van der Waals surface area contributed by atoms with Crippen molar-refractivity contribution in [1.29, 1.82) is 0 Å². The molecule has 0 aliphatic carbocycles. The Balaban J connectivity index is 1.29. The third-order valence-corrected chi connectivity index (χ3v) is 7.56. The number of anilines is 2. The highest BCUT2D eigenvalue weighted by atomic mass is 16.2. The summed E-state index contributed by atoms with van der Waals surface area (Å²) in [6.45, 7) is 5.53. The molecule has 0 spiro atoms. The van der Waals surface area contributed by atoms with Crippen molar-refractivity contribution in [3.05, 3.63) is 23.8 Å². The van der Waals surface area contributed by atoms with Gasteiger partial charge in [-0.25, -0.2) is 0 Å². The van der Waals surface area contributed by atoms with Gasteiger partial charge in [-0.15, -0.1) is 0 Å². The molecular weight excluding hydrogens is 364 g/mol. The summed E-state index contributed by atoms with van der Waals surface area (Å²) in [5.41, 5.74) is 3.94. The van der Waals surface area contributed by atoms with E-state index in [0.717, 1.165) is 37.9 Å². The smallest absolute Gasteiger partial charge is 0.249 e. The number of benzene rings is 1. The van der Waals surface area contributed by atoms with Crippen molar-refractivity contribution >= 4 is 23.2 Å². The Morgan fingerprint density at radius 1 is 0.828 bits per heavy atom. The van der Waals surface area contributed by atoms with Gasteiger partial charge in [0.25, 0.3) is 0 Å². The zero-order valence-electron chi connectivity index (χ0n) is 17.2. The molecule has 156 valence electrons. The van der Waals surface area contributed by atoms with E-state index >= 15 is 0 Å². The Labute approximate surface area is 173 Å². The zero-order valence-corrected chi connectivity index (χ0v) is 17.2. The number of carbonyl (C=O) groups is 2. The minimum absolute atomic E-state index is 0.137. The topological polar surface area (TPSA) is 64.7 Å². The van der Waals surface area contributed by atoms with Crippen molar-refractivity contribution < 1.29 is 9.59 Å². The minimum atomic E-state index is -0.213. The van der Waals surface area contributed by atoms with Gasteiger partial charge < -0.3 is 15.1 Å². The van der Waals surface area contributed by atoms with Crippen LogP contribution in [0.2, 0.25) is 0 Å². The van der Waals surface area contributed by atoms with Gasteiger partial charge in [0.1, 0.15) is 6.04 Å². The molecule has 6 heteroatoms. The number of nitrogens with zero attached hydrogens (tertiary/aromatic N) is 2. The van der Waals surface area contributed by atoms with Gasteiger partial charge in [-0.1, -0.05) is 6.07 Å². The van der Waals surface area contributed by atoms with Crippen molar-refractivity contribution in [3.8, 4) is 0 Å². The molecule has 2 N–H and O–H groups in total. The molecule has 1 atom stereocenters. The number of rotatable bonds is 3. The van der Waals surface area contributed by atoms with Crippen LogP contribution < -0.4 is 20.4 Å². The Kier molecular flexibility index (Phi) is 5.20. The fraction of sp³-hybridized carbons (Fsp3) is 0.652. The molecule has 29 heavy (non-hydrogen) atoms. The summed E-state index contributed by atoms with van der Waals surface area (Å²) < 4.78 is 0. The third-order valence-electron chi connectivity index (χ3n) is 7.56. The molecule has 1 aromatic carbocycles. The number of imide groups is 1. The minimum Gasteiger partial charge on any atom is -0.371 e. The highest BCUT2D eigenvalue weighted by Gasteiger charge is 2.36. The molecule has 3 saturated heterocycles. The lowest BCUT2D eigenvalue weighted by molar-refractivity contribution is -0.134. The van der Waals surface area contributed by atoms with Crippen LogP contribution in [0.1, 0.15) is 44.1 Å². The first-order chi connectivity index (χ1) is 14.2. The number of hydrogen-bond acceptors (Lipinski definition) is 5. The highest BCUT2D eigenvalue weighted by Crippen LogP contribution is 2.40. The molecule has 5 rings (SSSR count). The van der Waals surface area contributed by atoms with Crippen LogP contribution in [0.15, 0.2) is 18.2 Å². The monoisotopic (exact) mass is 396 g/mol. The van der Waals surface area contributed by atoms with Gasteiger partial charge in [-0.05, 0) is 75.6 Å². The van der Waals surface area contributed by atoms with Crippen LogP contribution in [0.4, 0.5) is 11.4 Å². The van der Waals surface area contributed by atoms with Crippen LogP contribution in [-0.2, 0) is 16.0 Å². The second-order valence-electron chi connectivity index (χ2n) is 9.10. The van der Waals surface area contributed by atoms with E-state index < -0.39 is 0 Å². The van der Waals surface area contributed by atoms with Crippen molar-refractivity contribution in [2.75, 3.05) is 42.5 Å². The molecule has 0 radical (unpaired) electrons. The molecular formula is C23H32N4O2. The summed E-state index contributed by atoms with van der Waals surface area (Å²) in [6.07, 6.45) is 7.31. The Hall–Kier alpha value is -2.08. The van der Waals surface area contributed by atoms with Crippen LogP contribution in [0.5, 0.6) is 0 Å². The van der Waals surface area contributed by atoms with Crippen LogP contribution in [0.3, 0.4) is 0 Å². The van der Waals surface area contributed by atoms with Crippen LogP contribution in [-0.4, -0.2) is 50.6 Å². The fourth-order valence-corrected chi connectivity index (χ4v) is 5.97. The van der Waals surface area contributed by atoms with Crippen molar-refractivity contribution in [1.82, 2.24) is 10.6 Å². The van der Waals surface area contributed by atoms with E-state index in [1.54, 1.807) is 0 Å². The summed E-state index contributed by atoms with van der Waals surface area (Å²) in [6, 6.07) is 6.33. The van der Waals surface area contributed by atoms with Gasteiger partial charge in [-0.2, -0.15) is 0 Å². The summed E-state index contributed by atoms with van der Waals surface area (Å²) in [7, 11) is 0. The van der Waals surface area contributed by atoms with Crippen molar-refractivity contribution in [2.45, 2.75) is 51.0 Å². The normalized spacial score (nSPS) is 26.6. The lowest BCUT2D eigenvalue weighted by Crippen LogP contribution is -2.52. The van der Waals surface area contributed by atoms with Gasteiger partial charge in [0.2, 0.25) is 11.8 Å². The van der Waals surface area contributed by atoms with Crippen LogP contribution in [0, 0.1) is 11.8 Å². The maximum absolute atomic E-state index is 12.4. The Morgan fingerprint density at radius 2 is 1.55 bits per heavy atom. The van der Waals surface area contributed by atoms with E-state index in [2.05, 4.69) is 38.6 Å². The Morgan fingerprint density at radius 3 is 2.31 bits per heavy atom. The van der Waals surface area contributed by atoms with Gasteiger partial charge >= 0.3 is 0 Å². The molecule has 4 heterocycles. The molecule has 0 bridgehead atoms. The predicted octanol–water partition coefficient (Wildman–Crippen LogP) is 2.07. The van der Waals surface area contributed by atoms with E-state index in [4.69, 9.17) is 0 Å². The van der Waals surface area contributed by atoms with Crippen molar-refractivity contribution in [2.24, 2.45) is 11.8 Å².